The zero-order valence-electron chi connectivity index (χ0n) is 1.42. The fraction of sp³-hybridized carbons (Fsp3) is 0. The van der Waals surface area contributed by atoms with E-state index in [1.807, 2.05) is 0 Å². The number of rotatable bonds is 0. The van der Waals surface area contributed by atoms with Gasteiger partial charge >= 0.3 is 44.8 Å². The van der Waals surface area contributed by atoms with Gasteiger partial charge in [0, 0.05) is 0 Å². The molecule has 0 rings (SSSR count). The summed E-state index contributed by atoms with van der Waals surface area (Å²) in [5, 5.41) is 0. The van der Waals surface area contributed by atoms with E-state index in [1.165, 1.54) is 0 Å². The first-order chi connectivity index (χ1) is 0. The van der Waals surface area contributed by atoms with Crippen molar-refractivity contribution in [1.82, 2.24) is 0 Å². The molecule has 0 unspecified atom stereocenters. The predicted octanol–water partition coefficient (Wildman–Crippen LogP) is 0.494. The summed E-state index contributed by atoms with van der Waals surface area (Å²) in [6, 6.07) is 0. The maximum atomic E-state index is 0. The fourth-order valence-electron chi connectivity index (χ4n) is 0. The Labute approximate surface area is 73.3 Å². The first-order valence-corrected chi connectivity index (χ1v) is 0. The van der Waals surface area contributed by atoms with E-state index in [0.717, 1.165) is 0 Å². The van der Waals surface area contributed by atoms with Gasteiger partial charge in [-0.3, -0.25) is 0 Å². The monoisotopic (exact) mass is 358 g/mol. The van der Waals surface area contributed by atoms with Crippen molar-refractivity contribution in [3.05, 3.63) is 0 Å². The van der Waals surface area contributed by atoms with Gasteiger partial charge in [0.25, 0.3) is 0 Å². The third-order valence-electron chi connectivity index (χ3n) is 0. The molecule has 0 aliphatic heterocycles. The third-order valence-corrected chi connectivity index (χ3v) is 0. The molecule has 0 radical (unpaired) electrons. The van der Waals surface area contributed by atoms with E-state index < -0.39 is 0 Å². The zero-order valence-corrected chi connectivity index (χ0v) is 6.71. The first kappa shape index (κ1) is 35.0. The summed E-state index contributed by atoms with van der Waals surface area (Å²) in [6.45, 7) is 0. The zero-order chi connectivity index (χ0) is 0. The van der Waals surface area contributed by atoms with Crippen molar-refractivity contribution in [3.63, 3.8) is 0 Å². The summed E-state index contributed by atoms with van der Waals surface area (Å²) in [4.78, 5) is 0. The molecule has 36 valence electrons. The third kappa shape index (κ3) is 8.90. The molecule has 0 spiro atoms. The van der Waals surface area contributed by atoms with E-state index in [9.17, 15) is 0 Å². The Hall–Kier alpha value is 2.17. The van der Waals surface area contributed by atoms with Crippen molar-refractivity contribution in [2.45, 2.75) is 0 Å². The van der Waals surface area contributed by atoms with E-state index in [2.05, 4.69) is 0 Å². The van der Waals surface area contributed by atoms with Gasteiger partial charge in [0.2, 0.25) is 0 Å². The Morgan fingerprint density at radius 3 is 0.750 bits per heavy atom. The van der Waals surface area contributed by atoms with Crippen LogP contribution in [0.15, 0.2) is 0 Å². The van der Waals surface area contributed by atoms with Crippen molar-refractivity contribution >= 4 is 24.0 Å². The number of hydrogen-bond acceptors (Lipinski definition) is 0. The van der Waals surface area contributed by atoms with E-state index in [4.69, 9.17) is 0 Å². The molecule has 0 atom stereocenters. The van der Waals surface area contributed by atoms with Crippen molar-refractivity contribution in [2.24, 2.45) is 0 Å². The van der Waals surface area contributed by atoms with E-state index in [1.54, 1.807) is 0 Å². The largest absolute Gasteiger partial charge is 2.00 e. The average molecular weight is 360 g/mol. The second-order valence-corrected chi connectivity index (χ2v) is 0. The Kier molecular flexibility index (Phi) is 167. The van der Waals surface area contributed by atoms with E-state index in [0.29, 0.717) is 0 Å². The molecule has 0 heterocycles. The summed E-state index contributed by atoms with van der Waals surface area (Å²) < 4.78 is 0. The van der Waals surface area contributed by atoms with Crippen molar-refractivity contribution in [3.8, 4) is 0 Å². The van der Waals surface area contributed by atoms with E-state index in [-0.39, 0.29) is 74.2 Å². The van der Waals surface area contributed by atoms with Crippen LogP contribution in [-0.2, 0) is 50.2 Å². The van der Waals surface area contributed by atoms with E-state index >= 15 is 0 Å². The van der Waals surface area contributed by atoms with Crippen LogP contribution in [0, 0.1) is 0 Å². The molecule has 0 fully saturated rings. The maximum Gasteiger partial charge on any atom is 1.00 e. The Morgan fingerprint density at radius 2 is 0.750 bits per heavy atom. The summed E-state index contributed by atoms with van der Waals surface area (Å²) in [5.74, 6) is 0. The minimum absolute atomic E-state index is 0. The molecule has 0 aromatic rings. The van der Waals surface area contributed by atoms with Crippen LogP contribution in [0.3, 0.4) is 0 Å². The maximum absolute atomic E-state index is 0. The van der Waals surface area contributed by atoms with Gasteiger partial charge in [-0.25, -0.2) is 0 Å². The van der Waals surface area contributed by atoms with Gasteiger partial charge in [0.05, 0.1) is 0 Å². The van der Waals surface area contributed by atoms with Crippen LogP contribution in [0.25, 0.3) is 0 Å². The van der Waals surface area contributed by atoms with Gasteiger partial charge in [0.15, 0.2) is 0 Å². The molecular weight excluding hydrogens is 359 g/mol. The molecule has 0 saturated carbocycles. The number of hydrogen-bond donors (Lipinski definition) is 0. The molecule has 0 N–H and O–H groups in total. The molecule has 0 aromatic carbocycles. The molecule has 4 heteroatoms. The van der Waals surface area contributed by atoms with Crippen LogP contribution in [0.2, 0.25) is 0 Å². The van der Waals surface area contributed by atoms with Gasteiger partial charge in [-0.1, -0.05) is 0 Å². The minimum atomic E-state index is 0. The fourth-order valence-corrected chi connectivity index (χ4v) is 0. The molecule has 0 amide bonds. The van der Waals surface area contributed by atoms with Gasteiger partial charge in [0.1, 0.15) is 0 Å². The molecule has 0 aliphatic carbocycles. The summed E-state index contributed by atoms with van der Waals surface area (Å²) >= 11 is 0. The second-order valence-electron chi connectivity index (χ2n) is 0. The molecule has 0 aromatic heterocycles. The van der Waals surface area contributed by atoms with Crippen LogP contribution in [0.1, 0.15) is 0 Å². The van der Waals surface area contributed by atoms with Gasteiger partial charge in [-0.2, -0.15) is 0 Å². The van der Waals surface area contributed by atoms with Gasteiger partial charge in [-0.15, -0.1) is 24.0 Å². The molecule has 0 aliphatic rings. The topological polar surface area (TPSA) is 28.5 Å². The normalized spacial score (nSPS) is 0. The molecule has 1 nitrogen and oxygen atoms in total. The minimum Gasteiger partial charge on any atom is -2.00 e. The Balaban J connectivity index is 0. The van der Waals surface area contributed by atoms with Crippen molar-refractivity contribution in [1.29, 1.82) is 0 Å². The number of halogens is 1. The van der Waals surface area contributed by atoms with Crippen LogP contribution in [0.5, 0.6) is 0 Å². The summed E-state index contributed by atoms with van der Waals surface area (Å²) in [7, 11) is 0. The van der Waals surface area contributed by atoms with Gasteiger partial charge < -0.3 is 5.48 Å². The molecule has 4 heavy (non-hydrogen) atoms. The standard InChI is InChI=1S/2Ag.HI.O/h;;1H;/q2*+1;;-2. The van der Waals surface area contributed by atoms with Crippen LogP contribution in [0.4, 0.5) is 0 Å². The average Bonchev–Trinajstić information content (AvgIpc) is 0. The Bertz CT molecular complexity index is 6.00. The molecule has 0 saturated heterocycles. The summed E-state index contributed by atoms with van der Waals surface area (Å²) in [6.07, 6.45) is 0. The quantitative estimate of drug-likeness (QED) is 0.445. The Morgan fingerprint density at radius 1 is 0.750 bits per heavy atom. The summed E-state index contributed by atoms with van der Waals surface area (Å²) in [5.41, 5.74) is 0. The molecule has 0 bridgehead atoms. The second kappa shape index (κ2) is 19.1. The van der Waals surface area contributed by atoms with Crippen molar-refractivity contribution in [2.75, 3.05) is 0 Å². The van der Waals surface area contributed by atoms with Crippen molar-refractivity contribution < 1.29 is 50.2 Å². The first-order valence-electron chi connectivity index (χ1n) is 0. The molecular formula is HAg2IO. The SMILES string of the molecule is I.[Ag+].[Ag+].[O-2]. The van der Waals surface area contributed by atoms with Crippen LogP contribution < -0.4 is 0 Å². The predicted molar refractivity (Wildman–Crippen MR) is 16.1 cm³/mol. The van der Waals surface area contributed by atoms with Crippen LogP contribution >= 0.6 is 24.0 Å². The van der Waals surface area contributed by atoms with Crippen LogP contribution in [-0.4, -0.2) is 0 Å². The smallest absolute Gasteiger partial charge is 1.00 e. The van der Waals surface area contributed by atoms with Gasteiger partial charge in [-0.05, 0) is 0 Å².